The predicted octanol–water partition coefficient (Wildman–Crippen LogP) is 4.72. The van der Waals surface area contributed by atoms with Crippen LogP contribution in [0.3, 0.4) is 0 Å². The average Bonchev–Trinajstić information content (AvgIpc) is 3.22. The van der Waals surface area contributed by atoms with Crippen LogP contribution >= 0.6 is 0 Å². The van der Waals surface area contributed by atoms with Gasteiger partial charge in [-0.05, 0) is 38.8 Å². The minimum Gasteiger partial charge on any atom is -0.340 e. The number of hydrogen-bond acceptors (Lipinski definition) is 4. The van der Waals surface area contributed by atoms with E-state index in [1.54, 1.807) is 28.0 Å². The van der Waals surface area contributed by atoms with Crippen LogP contribution in [0.2, 0.25) is 0 Å². The van der Waals surface area contributed by atoms with Crippen molar-refractivity contribution in [2.24, 2.45) is 0 Å². The van der Waals surface area contributed by atoms with E-state index in [2.05, 4.69) is 30.0 Å². The summed E-state index contributed by atoms with van der Waals surface area (Å²) in [4.78, 5) is 34.8. The lowest BCUT2D eigenvalue weighted by atomic mass is 10.2. The second kappa shape index (κ2) is 17.9. The van der Waals surface area contributed by atoms with Crippen LogP contribution in [0.25, 0.3) is 12.2 Å². The smallest absolute Gasteiger partial charge is 0.290 e. The summed E-state index contributed by atoms with van der Waals surface area (Å²) in [5.41, 5.74) is 1.48. The van der Waals surface area contributed by atoms with E-state index in [1.807, 2.05) is 61.8 Å². The van der Waals surface area contributed by atoms with E-state index in [0.717, 1.165) is 12.1 Å². The number of nitrogens with zero attached hydrogens (tertiary/aromatic N) is 4. The zero-order valence-electron chi connectivity index (χ0n) is 22.3. The third-order valence-corrected chi connectivity index (χ3v) is 5.45. The van der Waals surface area contributed by atoms with Crippen molar-refractivity contribution in [2.75, 3.05) is 39.3 Å². The molecule has 1 rings (SSSR count). The first-order chi connectivity index (χ1) is 17.5. The number of imidazole rings is 1. The maximum Gasteiger partial charge on any atom is 0.290 e. The van der Waals surface area contributed by atoms with Crippen LogP contribution in [0.4, 0.5) is 0 Å². The maximum atomic E-state index is 13.7. The van der Waals surface area contributed by atoms with Gasteiger partial charge in [0.15, 0.2) is 5.82 Å². The normalized spacial score (nSPS) is 11.4. The standard InChI is InChI=1S/C29H43N5O2/c1-7-13-14-15-16-17-22-34-26(18-8-2)25(11-5)31-28(34)29(36)33(21-10-4)24-27(35)32(12-6)23-20-30-19-9-3/h7-9,11,13-16,18,30H,1,3,5,10,12,17,19-24H2,2,4,6H3/b14-13-,16-15-,18-8-. The van der Waals surface area contributed by atoms with Crippen molar-refractivity contribution in [1.29, 1.82) is 0 Å². The molecule has 0 saturated heterocycles. The molecule has 1 aromatic rings. The number of likely N-dealkylation sites (N-methyl/N-ethyl adjacent to an activating group) is 1. The molecule has 0 aliphatic heterocycles. The Hall–Kier alpha value is -3.45. The predicted molar refractivity (Wildman–Crippen MR) is 152 cm³/mol. The Bertz CT molecular complexity index is 955. The van der Waals surface area contributed by atoms with E-state index < -0.39 is 0 Å². The lowest BCUT2D eigenvalue weighted by molar-refractivity contribution is -0.131. The van der Waals surface area contributed by atoms with Crippen molar-refractivity contribution in [3.63, 3.8) is 0 Å². The molecule has 0 spiro atoms. The molecule has 196 valence electrons. The van der Waals surface area contributed by atoms with Crippen molar-refractivity contribution in [2.45, 2.75) is 40.2 Å². The summed E-state index contributed by atoms with van der Waals surface area (Å²) < 4.78 is 1.92. The summed E-state index contributed by atoms with van der Waals surface area (Å²) in [6.07, 6.45) is 18.2. The zero-order valence-corrected chi connectivity index (χ0v) is 22.3. The molecule has 0 aromatic carbocycles. The van der Waals surface area contributed by atoms with Crippen LogP contribution in [0.5, 0.6) is 0 Å². The first kappa shape index (κ1) is 30.6. The van der Waals surface area contributed by atoms with Gasteiger partial charge in [-0.1, -0.05) is 62.6 Å². The molecule has 7 heteroatoms. The Morgan fingerprint density at radius 2 is 1.86 bits per heavy atom. The molecule has 0 fully saturated rings. The SMILES string of the molecule is C=C/C=C\C=C/CCn1c(C(=O)N(CCC)CC(=O)N(CC)CCNCC=C)nc(C=C)c1/C=C\C. The third-order valence-electron chi connectivity index (χ3n) is 5.45. The van der Waals surface area contributed by atoms with Crippen LogP contribution < -0.4 is 5.32 Å². The Labute approximate surface area is 217 Å². The van der Waals surface area contributed by atoms with Gasteiger partial charge in [-0.15, -0.1) is 6.58 Å². The molecule has 0 unspecified atom stereocenters. The van der Waals surface area contributed by atoms with Crippen LogP contribution in [-0.2, 0) is 11.3 Å². The lowest BCUT2D eigenvalue weighted by Crippen LogP contribution is -2.45. The highest BCUT2D eigenvalue weighted by Gasteiger charge is 2.26. The highest BCUT2D eigenvalue weighted by atomic mass is 16.2. The summed E-state index contributed by atoms with van der Waals surface area (Å²) in [6.45, 7) is 20.7. The number of hydrogen-bond donors (Lipinski definition) is 1. The Balaban J connectivity index is 3.19. The van der Waals surface area contributed by atoms with E-state index in [-0.39, 0.29) is 18.4 Å². The van der Waals surface area contributed by atoms with Gasteiger partial charge in [0, 0.05) is 39.3 Å². The molecule has 36 heavy (non-hydrogen) atoms. The largest absolute Gasteiger partial charge is 0.340 e. The molecule has 0 bridgehead atoms. The topological polar surface area (TPSA) is 70.5 Å². The molecule has 0 aliphatic carbocycles. The van der Waals surface area contributed by atoms with Crippen molar-refractivity contribution >= 4 is 24.0 Å². The monoisotopic (exact) mass is 493 g/mol. The number of carbonyl (C=O) groups is 2. The third kappa shape index (κ3) is 9.66. The minimum absolute atomic E-state index is 0.0173. The summed E-state index contributed by atoms with van der Waals surface area (Å²) in [6, 6.07) is 0. The van der Waals surface area contributed by atoms with Gasteiger partial charge < -0.3 is 19.7 Å². The van der Waals surface area contributed by atoms with Gasteiger partial charge in [-0.25, -0.2) is 4.98 Å². The van der Waals surface area contributed by atoms with Crippen LogP contribution in [0.1, 0.15) is 55.6 Å². The molecule has 7 nitrogen and oxygen atoms in total. The van der Waals surface area contributed by atoms with Gasteiger partial charge in [0.1, 0.15) is 6.54 Å². The van der Waals surface area contributed by atoms with Gasteiger partial charge in [0.25, 0.3) is 5.91 Å². The molecule has 0 saturated carbocycles. The number of aromatic nitrogens is 2. The highest BCUT2D eigenvalue weighted by molar-refractivity contribution is 5.94. The van der Waals surface area contributed by atoms with Gasteiger partial charge in [-0.3, -0.25) is 9.59 Å². The number of carbonyl (C=O) groups excluding carboxylic acids is 2. The summed E-state index contributed by atoms with van der Waals surface area (Å²) in [5.74, 6) is -0.00206. The zero-order chi connectivity index (χ0) is 26.8. The van der Waals surface area contributed by atoms with Crippen molar-refractivity contribution in [1.82, 2.24) is 24.7 Å². The number of rotatable bonds is 18. The Morgan fingerprint density at radius 3 is 2.47 bits per heavy atom. The molecule has 2 amide bonds. The van der Waals surface area contributed by atoms with Crippen molar-refractivity contribution < 1.29 is 9.59 Å². The van der Waals surface area contributed by atoms with E-state index in [0.29, 0.717) is 57.2 Å². The molecule has 1 heterocycles. The van der Waals surface area contributed by atoms with E-state index in [1.165, 1.54) is 0 Å². The fraction of sp³-hybridized carbons (Fsp3) is 0.414. The fourth-order valence-electron chi connectivity index (χ4n) is 3.68. The summed E-state index contributed by atoms with van der Waals surface area (Å²) in [5, 5.41) is 3.22. The minimum atomic E-state index is -0.250. The second-order valence-corrected chi connectivity index (χ2v) is 8.09. The first-order valence-corrected chi connectivity index (χ1v) is 12.7. The van der Waals surface area contributed by atoms with Gasteiger partial charge in [-0.2, -0.15) is 0 Å². The highest BCUT2D eigenvalue weighted by Crippen LogP contribution is 2.18. The molecule has 1 N–H and O–H groups in total. The first-order valence-electron chi connectivity index (χ1n) is 12.7. The quantitative estimate of drug-likeness (QED) is 0.182. The maximum absolute atomic E-state index is 13.7. The second-order valence-electron chi connectivity index (χ2n) is 8.09. The molecule has 0 aliphatic rings. The van der Waals surface area contributed by atoms with Crippen molar-refractivity contribution in [3.8, 4) is 0 Å². The van der Waals surface area contributed by atoms with Crippen LogP contribution in [0.15, 0.2) is 62.3 Å². The molecule has 0 radical (unpaired) electrons. The van der Waals surface area contributed by atoms with Gasteiger partial charge in [0.05, 0.1) is 11.4 Å². The van der Waals surface area contributed by atoms with Crippen molar-refractivity contribution in [3.05, 3.63) is 79.5 Å². The fourth-order valence-corrected chi connectivity index (χ4v) is 3.68. The molecular weight excluding hydrogens is 450 g/mol. The number of nitrogens with one attached hydrogen (secondary N) is 1. The number of amides is 2. The van der Waals surface area contributed by atoms with E-state index in [4.69, 9.17) is 0 Å². The van der Waals surface area contributed by atoms with E-state index in [9.17, 15) is 9.59 Å². The molecule has 0 atom stereocenters. The Kier molecular flexibility index (Phi) is 15.2. The van der Waals surface area contributed by atoms with Crippen LogP contribution in [0, 0.1) is 0 Å². The summed E-state index contributed by atoms with van der Waals surface area (Å²) in [7, 11) is 0. The van der Waals surface area contributed by atoms with E-state index >= 15 is 0 Å². The lowest BCUT2D eigenvalue weighted by Gasteiger charge is -2.27. The molecular formula is C29H43N5O2. The Morgan fingerprint density at radius 1 is 1.08 bits per heavy atom. The average molecular weight is 494 g/mol. The van der Waals surface area contributed by atoms with Gasteiger partial charge >= 0.3 is 0 Å². The molecule has 1 aromatic heterocycles. The summed E-state index contributed by atoms with van der Waals surface area (Å²) >= 11 is 0. The van der Waals surface area contributed by atoms with Gasteiger partial charge in [0.2, 0.25) is 5.91 Å². The van der Waals surface area contributed by atoms with Crippen LogP contribution in [-0.4, -0.2) is 70.4 Å². The number of allylic oxidation sites excluding steroid dienone is 6.